The summed E-state index contributed by atoms with van der Waals surface area (Å²) in [6.07, 6.45) is 3.47. The molecule has 1 fully saturated rings. The summed E-state index contributed by atoms with van der Waals surface area (Å²) in [6, 6.07) is 6.34. The molecule has 2 heterocycles. The second-order valence-electron chi connectivity index (χ2n) is 8.65. The lowest BCUT2D eigenvalue weighted by molar-refractivity contribution is -0.131. The first kappa shape index (κ1) is 23.0. The third-order valence-corrected chi connectivity index (χ3v) is 5.66. The zero-order valence-corrected chi connectivity index (χ0v) is 19.1. The van der Waals surface area contributed by atoms with E-state index in [2.05, 4.69) is 41.2 Å². The minimum Gasteiger partial charge on any atom is -0.441 e. The van der Waals surface area contributed by atoms with E-state index in [9.17, 15) is 9.59 Å². The molecule has 0 unspecified atom stereocenters. The van der Waals surface area contributed by atoms with Gasteiger partial charge in [0, 0.05) is 50.6 Å². The molecular formula is C24H34N4O3. The van der Waals surface area contributed by atoms with Crippen LogP contribution in [0.15, 0.2) is 28.8 Å². The van der Waals surface area contributed by atoms with E-state index < -0.39 is 0 Å². The average Bonchev–Trinajstić information content (AvgIpc) is 3.07. The number of amides is 2. The van der Waals surface area contributed by atoms with Gasteiger partial charge in [-0.3, -0.25) is 14.5 Å². The van der Waals surface area contributed by atoms with Crippen LogP contribution in [0.25, 0.3) is 11.3 Å². The number of hydrogen-bond donors (Lipinski definition) is 1. The predicted octanol–water partition coefficient (Wildman–Crippen LogP) is 2.95. The third-order valence-electron chi connectivity index (χ3n) is 5.66. The van der Waals surface area contributed by atoms with Gasteiger partial charge in [0.2, 0.25) is 11.8 Å². The molecule has 7 nitrogen and oxygen atoms in total. The highest BCUT2D eigenvalue weighted by Crippen LogP contribution is 2.23. The number of benzene rings is 1. The summed E-state index contributed by atoms with van der Waals surface area (Å²) in [6.45, 7) is 11.4. The van der Waals surface area contributed by atoms with E-state index >= 15 is 0 Å². The van der Waals surface area contributed by atoms with Crippen LogP contribution < -0.4 is 5.32 Å². The van der Waals surface area contributed by atoms with Crippen molar-refractivity contribution < 1.29 is 14.0 Å². The van der Waals surface area contributed by atoms with Crippen LogP contribution in [0.4, 0.5) is 0 Å². The number of nitrogens with one attached hydrogen (secondary N) is 1. The van der Waals surface area contributed by atoms with Gasteiger partial charge in [-0.25, -0.2) is 4.98 Å². The summed E-state index contributed by atoms with van der Waals surface area (Å²) < 4.78 is 5.88. The van der Waals surface area contributed by atoms with E-state index in [1.807, 2.05) is 24.8 Å². The number of oxazole rings is 1. The minimum atomic E-state index is 0.0400. The number of carbonyl (C=O) groups excluding carboxylic acids is 2. The van der Waals surface area contributed by atoms with Crippen LogP contribution in [0, 0.1) is 13.8 Å². The molecule has 2 aromatic rings. The zero-order chi connectivity index (χ0) is 22.4. The molecule has 2 amide bonds. The van der Waals surface area contributed by atoms with E-state index in [0.29, 0.717) is 38.4 Å². The molecule has 0 spiro atoms. The normalized spacial score (nSPS) is 15.2. The number of aromatic nitrogens is 1. The number of aryl methyl sites for hydroxylation is 3. The number of hydrogen-bond acceptors (Lipinski definition) is 5. The Balaban J connectivity index is 1.48. The third kappa shape index (κ3) is 6.66. The van der Waals surface area contributed by atoms with E-state index in [0.717, 1.165) is 30.8 Å². The van der Waals surface area contributed by atoms with Gasteiger partial charge in [0.1, 0.15) is 0 Å². The Hall–Kier alpha value is -2.67. The molecule has 0 saturated carbocycles. The Bertz CT molecular complexity index is 906. The molecule has 1 aliphatic rings. The fourth-order valence-corrected chi connectivity index (χ4v) is 3.78. The molecule has 3 rings (SSSR count). The fraction of sp³-hybridized carbons (Fsp3) is 0.542. The highest BCUT2D eigenvalue weighted by molar-refractivity contribution is 5.78. The van der Waals surface area contributed by atoms with Crippen molar-refractivity contribution in [1.29, 1.82) is 0 Å². The second kappa shape index (κ2) is 10.6. The molecule has 0 atom stereocenters. The van der Waals surface area contributed by atoms with Crippen LogP contribution in [-0.2, 0) is 16.0 Å². The van der Waals surface area contributed by atoms with Crippen molar-refractivity contribution >= 4 is 11.8 Å². The van der Waals surface area contributed by atoms with Crippen LogP contribution in [0.1, 0.15) is 43.7 Å². The first-order valence-electron chi connectivity index (χ1n) is 11.1. The van der Waals surface area contributed by atoms with E-state index in [4.69, 9.17) is 4.42 Å². The van der Waals surface area contributed by atoms with E-state index in [1.165, 1.54) is 11.1 Å². The molecule has 168 valence electrons. The summed E-state index contributed by atoms with van der Waals surface area (Å²) in [5, 5.41) is 2.92. The largest absolute Gasteiger partial charge is 0.441 e. The maximum atomic E-state index is 12.7. The maximum absolute atomic E-state index is 12.7. The molecular weight excluding hydrogens is 392 g/mol. The highest BCUT2D eigenvalue weighted by Gasteiger charge is 2.21. The summed E-state index contributed by atoms with van der Waals surface area (Å²) in [5.74, 6) is 1.47. The summed E-state index contributed by atoms with van der Waals surface area (Å²) >= 11 is 0. The number of nitrogens with zero attached hydrogens (tertiary/aromatic N) is 3. The molecule has 0 radical (unpaired) electrons. The highest BCUT2D eigenvalue weighted by atomic mass is 16.4. The standard InChI is InChI=1S/C24H34N4O3/c1-17(2)26-22(29)16-27-10-5-11-28(13-12-27)24(30)9-8-23-25-15-21(31-23)20-7-6-18(3)19(4)14-20/h6-7,14-15,17H,5,8-13,16H2,1-4H3,(H,26,29). The smallest absolute Gasteiger partial charge is 0.234 e. The van der Waals surface area contributed by atoms with Gasteiger partial charge in [-0.2, -0.15) is 0 Å². The number of rotatable bonds is 7. The Morgan fingerprint density at radius 3 is 2.68 bits per heavy atom. The van der Waals surface area contributed by atoms with E-state index in [-0.39, 0.29) is 17.9 Å². The molecule has 1 N–H and O–H groups in total. The molecule has 31 heavy (non-hydrogen) atoms. The summed E-state index contributed by atoms with van der Waals surface area (Å²) in [7, 11) is 0. The van der Waals surface area contributed by atoms with Crippen LogP contribution in [0.3, 0.4) is 0 Å². The van der Waals surface area contributed by atoms with Gasteiger partial charge in [0.05, 0.1) is 12.7 Å². The topological polar surface area (TPSA) is 78.7 Å². The van der Waals surface area contributed by atoms with Crippen LogP contribution in [0.2, 0.25) is 0 Å². The van der Waals surface area contributed by atoms with Crippen molar-refractivity contribution in [2.45, 2.75) is 53.0 Å². The molecule has 1 saturated heterocycles. The van der Waals surface area contributed by atoms with Gasteiger partial charge in [-0.1, -0.05) is 12.1 Å². The summed E-state index contributed by atoms with van der Waals surface area (Å²) in [5.41, 5.74) is 3.45. The van der Waals surface area contributed by atoms with Crippen LogP contribution in [0.5, 0.6) is 0 Å². The Morgan fingerprint density at radius 2 is 1.94 bits per heavy atom. The van der Waals surface area contributed by atoms with Gasteiger partial charge in [-0.05, 0) is 51.3 Å². The van der Waals surface area contributed by atoms with Crippen molar-refractivity contribution in [3.05, 3.63) is 41.4 Å². The lowest BCUT2D eigenvalue weighted by Gasteiger charge is -2.22. The Morgan fingerprint density at radius 1 is 1.13 bits per heavy atom. The van der Waals surface area contributed by atoms with Crippen LogP contribution >= 0.6 is 0 Å². The molecule has 0 bridgehead atoms. The minimum absolute atomic E-state index is 0.0400. The number of carbonyl (C=O) groups is 2. The summed E-state index contributed by atoms with van der Waals surface area (Å²) in [4.78, 5) is 33.1. The second-order valence-corrected chi connectivity index (χ2v) is 8.65. The monoisotopic (exact) mass is 426 g/mol. The maximum Gasteiger partial charge on any atom is 0.234 e. The quantitative estimate of drug-likeness (QED) is 0.736. The zero-order valence-electron chi connectivity index (χ0n) is 19.1. The Kier molecular flexibility index (Phi) is 7.85. The van der Waals surface area contributed by atoms with Gasteiger partial charge in [-0.15, -0.1) is 0 Å². The van der Waals surface area contributed by atoms with Crippen LogP contribution in [-0.4, -0.2) is 65.4 Å². The molecule has 1 aliphatic heterocycles. The molecule has 1 aromatic carbocycles. The van der Waals surface area contributed by atoms with E-state index in [1.54, 1.807) is 6.20 Å². The van der Waals surface area contributed by atoms with Gasteiger partial charge < -0.3 is 14.6 Å². The van der Waals surface area contributed by atoms with Gasteiger partial charge in [0.25, 0.3) is 0 Å². The van der Waals surface area contributed by atoms with Gasteiger partial charge in [0.15, 0.2) is 11.7 Å². The first-order chi connectivity index (χ1) is 14.8. The average molecular weight is 427 g/mol. The molecule has 1 aromatic heterocycles. The van der Waals surface area contributed by atoms with Crippen molar-refractivity contribution in [3.63, 3.8) is 0 Å². The fourth-order valence-electron chi connectivity index (χ4n) is 3.78. The lowest BCUT2D eigenvalue weighted by Crippen LogP contribution is -2.42. The first-order valence-corrected chi connectivity index (χ1v) is 11.1. The predicted molar refractivity (Wildman–Crippen MR) is 121 cm³/mol. The molecule has 0 aliphatic carbocycles. The lowest BCUT2D eigenvalue weighted by atomic mass is 10.1. The SMILES string of the molecule is Cc1ccc(-c2cnc(CCC(=O)N3CCCN(CC(=O)NC(C)C)CC3)o2)cc1C. The van der Waals surface area contributed by atoms with Crippen molar-refractivity contribution in [1.82, 2.24) is 20.1 Å². The van der Waals surface area contributed by atoms with Crippen molar-refractivity contribution in [2.24, 2.45) is 0 Å². The van der Waals surface area contributed by atoms with Gasteiger partial charge >= 0.3 is 0 Å². The van der Waals surface area contributed by atoms with Crippen molar-refractivity contribution in [3.8, 4) is 11.3 Å². The molecule has 7 heteroatoms. The Labute approximate surface area is 184 Å². The van der Waals surface area contributed by atoms with Crippen molar-refractivity contribution in [2.75, 3.05) is 32.7 Å².